The standard InChI is InChI=1S/C12H14O4/c1-2-12(13)15-9-8-14-10-16-11-6-4-3-5-7-11/h2-7H,1,8-10H2. The van der Waals surface area contributed by atoms with E-state index in [1.165, 1.54) is 0 Å². The van der Waals surface area contributed by atoms with Gasteiger partial charge in [0.2, 0.25) is 0 Å². The Morgan fingerprint density at radius 1 is 1.25 bits per heavy atom. The van der Waals surface area contributed by atoms with E-state index in [4.69, 9.17) is 14.2 Å². The minimum absolute atomic E-state index is 0.135. The Bertz CT molecular complexity index is 321. The Morgan fingerprint density at radius 3 is 2.69 bits per heavy atom. The molecule has 0 amide bonds. The highest BCUT2D eigenvalue weighted by Crippen LogP contribution is 2.07. The molecule has 0 bridgehead atoms. The van der Waals surface area contributed by atoms with Gasteiger partial charge in [0, 0.05) is 6.08 Å². The van der Waals surface area contributed by atoms with Gasteiger partial charge in [0.15, 0.2) is 6.79 Å². The Labute approximate surface area is 94.4 Å². The minimum atomic E-state index is -0.451. The van der Waals surface area contributed by atoms with E-state index in [1.54, 1.807) is 0 Å². The van der Waals surface area contributed by atoms with Crippen LogP contribution in [0.1, 0.15) is 0 Å². The molecule has 0 fully saturated rings. The lowest BCUT2D eigenvalue weighted by molar-refractivity contribution is -0.140. The van der Waals surface area contributed by atoms with Gasteiger partial charge in [-0.25, -0.2) is 4.79 Å². The predicted molar refractivity (Wildman–Crippen MR) is 59.0 cm³/mol. The molecule has 0 saturated heterocycles. The first kappa shape index (κ1) is 12.3. The molecule has 1 aromatic carbocycles. The van der Waals surface area contributed by atoms with E-state index in [-0.39, 0.29) is 13.4 Å². The van der Waals surface area contributed by atoms with E-state index in [0.29, 0.717) is 6.61 Å². The van der Waals surface area contributed by atoms with Gasteiger partial charge in [0.1, 0.15) is 12.4 Å². The molecule has 1 rings (SSSR count). The van der Waals surface area contributed by atoms with Crippen LogP contribution in [0.5, 0.6) is 5.75 Å². The van der Waals surface area contributed by atoms with Crippen molar-refractivity contribution in [3.8, 4) is 5.75 Å². The SMILES string of the molecule is C=CC(=O)OCCOCOc1ccccc1. The van der Waals surface area contributed by atoms with Gasteiger partial charge in [-0.2, -0.15) is 0 Å². The highest BCUT2D eigenvalue weighted by atomic mass is 16.7. The van der Waals surface area contributed by atoms with E-state index in [1.807, 2.05) is 30.3 Å². The Morgan fingerprint density at radius 2 is 2.00 bits per heavy atom. The van der Waals surface area contributed by atoms with E-state index in [0.717, 1.165) is 11.8 Å². The quantitative estimate of drug-likeness (QED) is 0.305. The second-order valence-corrected chi connectivity index (χ2v) is 2.86. The smallest absolute Gasteiger partial charge is 0.330 e. The maximum absolute atomic E-state index is 10.6. The van der Waals surface area contributed by atoms with E-state index >= 15 is 0 Å². The van der Waals surface area contributed by atoms with E-state index < -0.39 is 5.97 Å². The number of carbonyl (C=O) groups excluding carboxylic acids is 1. The number of hydrogen-bond donors (Lipinski definition) is 0. The van der Waals surface area contributed by atoms with Crippen molar-refractivity contribution in [2.45, 2.75) is 0 Å². The molecular formula is C12H14O4. The zero-order valence-corrected chi connectivity index (χ0v) is 8.93. The molecular weight excluding hydrogens is 208 g/mol. The van der Waals surface area contributed by atoms with Crippen LogP contribution in [0.25, 0.3) is 0 Å². The molecule has 0 aliphatic rings. The Kier molecular flexibility index (Phi) is 5.73. The molecule has 86 valence electrons. The molecule has 1 aromatic rings. The highest BCUT2D eigenvalue weighted by Gasteiger charge is 1.95. The maximum atomic E-state index is 10.6. The molecule has 0 aliphatic carbocycles. The van der Waals surface area contributed by atoms with Gasteiger partial charge in [-0.05, 0) is 12.1 Å². The summed E-state index contributed by atoms with van der Waals surface area (Å²) in [4.78, 5) is 10.6. The monoisotopic (exact) mass is 222 g/mol. The number of esters is 1. The fourth-order valence-electron chi connectivity index (χ4n) is 0.945. The van der Waals surface area contributed by atoms with Gasteiger partial charge in [0.05, 0.1) is 6.61 Å². The number of carbonyl (C=O) groups is 1. The van der Waals surface area contributed by atoms with Gasteiger partial charge in [-0.15, -0.1) is 0 Å². The first-order valence-electron chi connectivity index (χ1n) is 4.87. The molecule has 0 aliphatic heterocycles. The number of ether oxygens (including phenoxy) is 3. The normalized spacial score (nSPS) is 9.50. The summed E-state index contributed by atoms with van der Waals surface area (Å²) in [6.45, 7) is 3.91. The fraction of sp³-hybridized carbons (Fsp3) is 0.250. The summed E-state index contributed by atoms with van der Waals surface area (Å²) in [6.07, 6.45) is 1.11. The average Bonchev–Trinajstić information content (AvgIpc) is 2.34. The Hall–Kier alpha value is -1.81. The summed E-state index contributed by atoms with van der Waals surface area (Å²) in [5.74, 6) is 0.290. The molecule has 0 spiro atoms. The number of para-hydroxylation sites is 1. The van der Waals surface area contributed by atoms with E-state index in [2.05, 4.69) is 6.58 Å². The zero-order chi connectivity index (χ0) is 11.6. The topological polar surface area (TPSA) is 44.8 Å². The van der Waals surface area contributed by atoms with Gasteiger partial charge in [0.25, 0.3) is 0 Å². The first-order valence-corrected chi connectivity index (χ1v) is 4.87. The Balaban J connectivity index is 2.00. The summed E-state index contributed by atoms with van der Waals surface area (Å²) in [5.41, 5.74) is 0. The lowest BCUT2D eigenvalue weighted by Crippen LogP contribution is -2.11. The van der Waals surface area contributed by atoms with Crippen LogP contribution in [-0.4, -0.2) is 26.0 Å². The third-order valence-corrected chi connectivity index (χ3v) is 1.69. The van der Waals surface area contributed by atoms with Crippen LogP contribution in [0.3, 0.4) is 0 Å². The van der Waals surface area contributed by atoms with Crippen molar-refractivity contribution in [1.82, 2.24) is 0 Å². The minimum Gasteiger partial charge on any atom is -0.468 e. The van der Waals surface area contributed by atoms with Crippen LogP contribution in [0, 0.1) is 0 Å². The molecule has 0 atom stereocenters. The lowest BCUT2D eigenvalue weighted by atomic mass is 10.3. The predicted octanol–water partition coefficient (Wildman–Crippen LogP) is 1.77. The van der Waals surface area contributed by atoms with Gasteiger partial charge in [-0.1, -0.05) is 24.8 Å². The average molecular weight is 222 g/mol. The molecule has 4 nitrogen and oxygen atoms in total. The molecule has 4 heteroatoms. The molecule has 0 radical (unpaired) electrons. The number of benzene rings is 1. The molecule has 0 aromatic heterocycles. The number of rotatable bonds is 7. The molecule has 0 heterocycles. The highest BCUT2D eigenvalue weighted by molar-refractivity contribution is 5.81. The van der Waals surface area contributed by atoms with Crippen molar-refractivity contribution in [2.75, 3.05) is 20.0 Å². The van der Waals surface area contributed by atoms with Crippen molar-refractivity contribution < 1.29 is 19.0 Å². The van der Waals surface area contributed by atoms with E-state index in [9.17, 15) is 4.79 Å². The van der Waals surface area contributed by atoms with Crippen LogP contribution in [0.4, 0.5) is 0 Å². The lowest BCUT2D eigenvalue weighted by Gasteiger charge is -2.06. The third kappa shape index (κ3) is 5.17. The third-order valence-electron chi connectivity index (χ3n) is 1.69. The molecule has 0 unspecified atom stereocenters. The van der Waals surface area contributed by atoms with Gasteiger partial charge >= 0.3 is 5.97 Å². The van der Waals surface area contributed by atoms with Gasteiger partial charge in [-0.3, -0.25) is 0 Å². The molecule has 0 N–H and O–H groups in total. The summed E-state index contributed by atoms with van der Waals surface area (Å²) < 4.78 is 15.1. The summed E-state index contributed by atoms with van der Waals surface area (Å²) in [7, 11) is 0. The van der Waals surface area contributed by atoms with Gasteiger partial charge < -0.3 is 14.2 Å². The number of hydrogen-bond acceptors (Lipinski definition) is 4. The van der Waals surface area contributed by atoms with Crippen molar-refractivity contribution in [1.29, 1.82) is 0 Å². The maximum Gasteiger partial charge on any atom is 0.330 e. The zero-order valence-electron chi connectivity index (χ0n) is 8.93. The second kappa shape index (κ2) is 7.48. The van der Waals surface area contributed by atoms with Crippen LogP contribution in [0.2, 0.25) is 0 Å². The van der Waals surface area contributed by atoms with Crippen molar-refractivity contribution in [3.63, 3.8) is 0 Å². The van der Waals surface area contributed by atoms with Crippen LogP contribution < -0.4 is 4.74 Å². The van der Waals surface area contributed by atoms with Crippen molar-refractivity contribution in [2.24, 2.45) is 0 Å². The van der Waals surface area contributed by atoms with Crippen LogP contribution in [-0.2, 0) is 14.3 Å². The first-order chi connectivity index (χ1) is 7.83. The molecule has 16 heavy (non-hydrogen) atoms. The summed E-state index contributed by atoms with van der Waals surface area (Å²) >= 11 is 0. The summed E-state index contributed by atoms with van der Waals surface area (Å²) in [5, 5.41) is 0. The van der Waals surface area contributed by atoms with Crippen LogP contribution >= 0.6 is 0 Å². The molecule has 0 saturated carbocycles. The largest absolute Gasteiger partial charge is 0.468 e. The van der Waals surface area contributed by atoms with Crippen LogP contribution in [0.15, 0.2) is 43.0 Å². The van der Waals surface area contributed by atoms with Crippen molar-refractivity contribution >= 4 is 5.97 Å². The summed E-state index contributed by atoms with van der Waals surface area (Å²) in [6, 6.07) is 9.33. The van der Waals surface area contributed by atoms with Crippen molar-refractivity contribution in [3.05, 3.63) is 43.0 Å². The fourth-order valence-corrected chi connectivity index (χ4v) is 0.945. The second-order valence-electron chi connectivity index (χ2n) is 2.86.